The number of fused-ring (bicyclic) bond motifs is 2. The summed E-state index contributed by atoms with van der Waals surface area (Å²) in [4.78, 5) is 14.7. The predicted molar refractivity (Wildman–Crippen MR) is 94.6 cm³/mol. The summed E-state index contributed by atoms with van der Waals surface area (Å²) >= 11 is 11.9. The maximum Gasteiger partial charge on any atom is 0.322 e. The molecule has 2 saturated heterocycles. The molecule has 2 unspecified atom stereocenters. The number of carbonyl (C=O) groups excluding carboxylic acids is 1. The molecule has 0 spiro atoms. The Balaban J connectivity index is 1.47. The first kappa shape index (κ1) is 15.8. The molecule has 2 fully saturated rings. The lowest BCUT2D eigenvalue weighted by Crippen LogP contribution is -2.48. The van der Waals surface area contributed by atoms with Gasteiger partial charge in [0.15, 0.2) is 0 Å². The van der Waals surface area contributed by atoms with E-state index in [-0.39, 0.29) is 18.1 Å². The third-order valence-corrected chi connectivity index (χ3v) is 5.75. The smallest absolute Gasteiger partial charge is 0.318 e. The van der Waals surface area contributed by atoms with Crippen molar-refractivity contribution in [2.75, 3.05) is 5.32 Å². The molecule has 2 atom stereocenters. The Bertz CT molecular complexity index is 735. The fraction of sp³-hybridized carbons (Fsp3) is 0.412. The highest BCUT2D eigenvalue weighted by Crippen LogP contribution is 2.41. The van der Waals surface area contributed by atoms with Crippen LogP contribution in [0.4, 0.5) is 10.5 Å². The van der Waals surface area contributed by atoms with Crippen LogP contribution >= 0.6 is 23.2 Å². The van der Waals surface area contributed by atoms with Crippen molar-refractivity contribution < 1.29 is 4.79 Å². The number of nitrogens with one attached hydrogen (secondary N) is 1. The van der Waals surface area contributed by atoms with E-state index in [1.807, 2.05) is 28.0 Å². The molecule has 2 bridgehead atoms. The van der Waals surface area contributed by atoms with Crippen LogP contribution in [-0.2, 0) is 0 Å². The van der Waals surface area contributed by atoms with Gasteiger partial charge in [-0.1, -0.05) is 23.2 Å². The van der Waals surface area contributed by atoms with Gasteiger partial charge in [-0.25, -0.2) is 4.79 Å². The number of hydrogen-bond donors (Lipinski definition) is 1. The second kappa shape index (κ2) is 6.30. The summed E-state index contributed by atoms with van der Waals surface area (Å²) in [5.74, 6) is 0. The van der Waals surface area contributed by atoms with Gasteiger partial charge in [0, 0.05) is 30.2 Å². The summed E-state index contributed by atoms with van der Waals surface area (Å²) in [7, 11) is 0. The lowest BCUT2D eigenvalue weighted by Gasteiger charge is -2.38. The molecule has 3 heterocycles. The molecule has 126 valence electrons. The van der Waals surface area contributed by atoms with Crippen LogP contribution in [0.2, 0.25) is 10.0 Å². The van der Waals surface area contributed by atoms with Gasteiger partial charge in [0.1, 0.15) is 0 Å². The maximum atomic E-state index is 12.7. The molecular weight excluding hydrogens is 347 g/mol. The van der Waals surface area contributed by atoms with Gasteiger partial charge in [-0.05, 0) is 49.9 Å². The SMILES string of the molecule is O=C(Nc1ccc(Cl)c(Cl)c1)N1C2CCC1CC(n1cccn1)C2. The summed E-state index contributed by atoms with van der Waals surface area (Å²) in [6, 6.07) is 7.95. The minimum Gasteiger partial charge on any atom is -0.318 e. The van der Waals surface area contributed by atoms with Crippen LogP contribution in [0, 0.1) is 0 Å². The zero-order chi connectivity index (χ0) is 16.7. The van der Waals surface area contributed by atoms with Gasteiger partial charge in [-0.2, -0.15) is 5.10 Å². The number of carbonyl (C=O) groups is 1. The lowest BCUT2D eigenvalue weighted by atomic mass is 9.98. The zero-order valence-electron chi connectivity index (χ0n) is 13.0. The standard InChI is InChI=1S/C17H18Cl2N4O/c18-15-5-2-11(8-16(15)19)21-17(24)23-12-3-4-13(23)10-14(9-12)22-7-1-6-20-22/h1-2,5-8,12-14H,3-4,9-10H2,(H,21,24). The summed E-state index contributed by atoms with van der Waals surface area (Å²) in [6.07, 6.45) is 7.83. The molecule has 0 aliphatic carbocycles. The Morgan fingerprint density at radius 3 is 2.50 bits per heavy atom. The highest BCUT2D eigenvalue weighted by molar-refractivity contribution is 6.42. The van der Waals surface area contributed by atoms with Crippen LogP contribution in [0.25, 0.3) is 0 Å². The zero-order valence-corrected chi connectivity index (χ0v) is 14.5. The van der Waals surface area contributed by atoms with E-state index in [2.05, 4.69) is 10.4 Å². The van der Waals surface area contributed by atoms with Crippen LogP contribution in [0.15, 0.2) is 36.7 Å². The first-order valence-corrected chi connectivity index (χ1v) is 8.91. The van der Waals surface area contributed by atoms with Crippen molar-refractivity contribution in [3.8, 4) is 0 Å². The molecule has 1 aromatic heterocycles. The van der Waals surface area contributed by atoms with E-state index < -0.39 is 0 Å². The number of rotatable bonds is 2. The molecule has 7 heteroatoms. The highest BCUT2D eigenvalue weighted by Gasteiger charge is 2.43. The first-order valence-electron chi connectivity index (χ1n) is 8.15. The second-order valence-electron chi connectivity index (χ2n) is 6.46. The topological polar surface area (TPSA) is 50.2 Å². The summed E-state index contributed by atoms with van der Waals surface area (Å²) in [6.45, 7) is 0. The number of nitrogens with zero attached hydrogens (tertiary/aromatic N) is 3. The fourth-order valence-corrected chi connectivity index (χ4v) is 4.25. The van der Waals surface area contributed by atoms with Crippen LogP contribution in [0.3, 0.4) is 0 Å². The predicted octanol–water partition coefficient (Wildman–Crippen LogP) is 4.59. The van der Waals surface area contributed by atoms with Crippen molar-refractivity contribution in [2.24, 2.45) is 0 Å². The largest absolute Gasteiger partial charge is 0.322 e. The average molecular weight is 365 g/mol. The van der Waals surface area contributed by atoms with E-state index in [4.69, 9.17) is 23.2 Å². The number of aromatic nitrogens is 2. The second-order valence-corrected chi connectivity index (χ2v) is 7.28. The van der Waals surface area contributed by atoms with E-state index in [9.17, 15) is 4.79 Å². The van der Waals surface area contributed by atoms with Crippen molar-refractivity contribution >= 4 is 34.9 Å². The lowest BCUT2D eigenvalue weighted by molar-refractivity contribution is 0.129. The molecule has 5 nitrogen and oxygen atoms in total. The van der Waals surface area contributed by atoms with Crippen molar-refractivity contribution in [3.63, 3.8) is 0 Å². The molecule has 24 heavy (non-hydrogen) atoms. The van der Waals surface area contributed by atoms with E-state index in [0.717, 1.165) is 25.7 Å². The molecule has 1 aromatic carbocycles. The Labute approximate surface area is 150 Å². The first-order chi connectivity index (χ1) is 11.6. The van der Waals surface area contributed by atoms with E-state index in [0.29, 0.717) is 21.8 Å². The number of urea groups is 1. The molecule has 2 aliphatic rings. The molecule has 0 saturated carbocycles. The van der Waals surface area contributed by atoms with Gasteiger partial charge in [0.25, 0.3) is 0 Å². The van der Waals surface area contributed by atoms with Crippen molar-refractivity contribution in [1.29, 1.82) is 0 Å². The third kappa shape index (κ3) is 2.87. The van der Waals surface area contributed by atoms with Crippen LogP contribution in [0.5, 0.6) is 0 Å². The minimum atomic E-state index is -0.0557. The Hall–Kier alpha value is -1.72. The summed E-state index contributed by atoms with van der Waals surface area (Å²) in [5, 5.41) is 8.24. The fourth-order valence-electron chi connectivity index (χ4n) is 3.95. The van der Waals surface area contributed by atoms with Crippen LogP contribution in [-0.4, -0.2) is 32.8 Å². The minimum absolute atomic E-state index is 0.0557. The Kier molecular flexibility index (Phi) is 4.14. The van der Waals surface area contributed by atoms with E-state index in [1.54, 1.807) is 18.2 Å². The summed E-state index contributed by atoms with van der Waals surface area (Å²) in [5.41, 5.74) is 0.669. The molecule has 2 aliphatic heterocycles. The van der Waals surface area contributed by atoms with Gasteiger partial charge < -0.3 is 10.2 Å². The molecule has 0 radical (unpaired) electrons. The number of benzene rings is 1. The highest BCUT2D eigenvalue weighted by atomic mass is 35.5. The molecule has 2 amide bonds. The molecule has 1 N–H and O–H groups in total. The molecule has 2 aromatic rings. The van der Waals surface area contributed by atoms with Crippen molar-refractivity contribution in [1.82, 2.24) is 14.7 Å². The molecular formula is C17H18Cl2N4O. The van der Waals surface area contributed by atoms with Gasteiger partial charge >= 0.3 is 6.03 Å². The number of halogens is 2. The van der Waals surface area contributed by atoms with Crippen molar-refractivity contribution in [3.05, 3.63) is 46.7 Å². The van der Waals surface area contributed by atoms with Gasteiger partial charge in [0.05, 0.1) is 16.1 Å². The third-order valence-electron chi connectivity index (χ3n) is 5.01. The maximum absolute atomic E-state index is 12.7. The van der Waals surface area contributed by atoms with E-state index >= 15 is 0 Å². The normalized spacial score (nSPS) is 25.8. The van der Waals surface area contributed by atoms with E-state index in [1.165, 1.54) is 0 Å². The van der Waals surface area contributed by atoms with Crippen LogP contribution in [0.1, 0.15) is 31.7 Å². The monoisotopic (exact) mass is 364 g/mol. The summed E-state index contributed by atoms with van der Waals surface area (Å²) < 4.78 is 2.03. The van der Waals surface area contributed by atoms with Gasteiger partial charge in [0.2, 0.25) is 0 Å². The number of amides is 2. The van der Waals surface area contributed by atoms with Crippen molar-refractivity contribution in [2.45, 2.75) is 43.8 Å². The Morgan fingerprint density at radius 2 is 1.88 bits per heavy atom. The Morgan fingerprint density at radius 1 is 1.12 bits per heavy atom. The van der Waals surface area contributed by atoms with Gasteiger partial charge in [-0.3, -0.25) is 4.68 Å². The number of piperidine rings is 1. The molecule has 4 rings (SSSR count). The van der Waals surface area contributed by atoms with Gasteiger partial charge in [-0.15, -0.1) is 0 Å². The number of hydrogen-bond acceptors (Lipinski definition) is 2. The van der Waals surface area contributed by atoms with Crippen LogP contribution < -0.4 is 5.32 Å². The number of anilines is 1. The average Bonchev–Trinajstić information content (AvgIpc) is 3.18. The quantitative estimate of drug-likeness (QED) is 0.846.